The lowest BCUT2D eigenvalue weighted by atomic mass is 10.1. The van der Waals surface area contributed by atoms with Crippen LogP contribution in [0.1, 0.15) is 20.7 Å². The Kier molecular flexibility index (Phi) is 4.94. The first kappa shape index (κ1) is 17.8. The number of nitrogens with zero attached hydrogens (tertiary/aromatic N) is 2. The molecule has 0 unspecified atom stereocenters. The fraction of sp³-hybridized carbons (Fsp3) is 0. The number of carboxylic acid groups (broad SMARTS) is 1. The predicted octanol–water partition coefficient (Wildman–Crippen LogP) is 3.11. The van der Waals surface area contributed by atoms with Gasteiger partial charge in [-0.15, -0.1) is 0 Å². The number of carbonyl (C=O) groups is 2. The predicted molar refractivity (Wildman–Crippen MR) is 86.1 cm³/mol. The lowest BCUT2D eigenvalue weighted by Gasteiger charge is -2.09. The van der Waals surface area contributed by atoms with Crippen LogP contribution in [0.25, 0.3) is 0 Å². The number of anilines is 1. The number of benzene rings is 2. The van der Waals surface area contributed by atoms with Crippen molar-refractivity contribution in [1.82, 2.24) is 0 Å². The summed E-state index contributed by atoms with van der Waals surface area (Å²) in [5.41, 5.74) is -2.46. The monoisotopic (exact) mass is 365 g/mol. The van der Waals surface area contributed by atoms with E-state index in [9.17, 15) is 29.8 Å². The molecule has 0 saturated carbocycles. The number of rotatable bonds is 5. The summed E-state index contributed by atoms with van der Waals surface area (Å²) in [6.45, 7) is 0. The van der Waals surface area contributed by atoms with Crippen LogP contribution in [-0.4, -0.2) is 26.8 Å². The molecule has 10 nitrogen and oxygen atoms in total. The molecule has 25 heavy (non-hydrogen) atoms. The van der Waals surface area contributed by atoms with E-state index in [1.807, 2.05) is 0 Å². The number of nitrogens with one attached hydrogen (secondary N) is 1. The Balaban J connectivity index is 2.50. The van der Waals surface area contributed by atoms with Crippen molar-refractivity contribution in [1.29, 1.82) is 0 Å². The van der Waals surface area contributed by atoms with Crippen LogP contribution in [-0.2, 0) is 0 Å². The van der Waals surface area contributed by atoms with Crippen LogP contribution < -0.4 is 5.32 Å². The van der Waals surface area contributed by atoms with Crippen LogP contribution in [0.5, 0.6) is 0 Å². The van der Waals surface area contributed by atoms with Gasteiger partial charge in [-0.05, 0) is 12.1 Å². The van der Waals surface area contributed by atoms with Gasteiger partial charge in [0.15, 0.2) is 0 Å². The second-order valence-corrected chi connectivity index (χ2v) is 5.05. The van der Waals surface area contributed by atoms with Gasteiger partial charge < -0.3 is 10.4 Å². The minimum Gasteiger partial charge on any atom is -0.478 e. The van der Waals surface area contributed by atoms with Gasteiger partial charge in [0.05, 0.1) is 32.1 Å². The van der Waals surface area contributed by atoms with Crippen molar-refractivity contribution in [3.63, 3.8) is 0 Å². The number of carbonyl (C=O) groups excluding carboxylic acids is 1. The van der Waals surface area contributed by atoms with Gasteiger partial charge in [-0.3, -0.25) is 25.0 Å². The Morgan fingerprint density at radius 2 is 1.64 bits per heavy atom. The van der Waals surface area contributed by atoms with E-state index in [4.69, 9.17) is 16.7 Å². The molecule has 0 bridgehead atoms. The number of nitro benzene ring substituents is 2. The Hall–Kier alpha value is -3.53. The normalized spacial score (nSPS) is 10.1. The van der Waals surface area contributed by atoms with Crippen molar-refractivity contribution in [3.8, 4) is 0 Å². The van der Waals surface area contributed by atoms with Crippen LogP contribution in [0, 0.1) is 20.2 Å². The Labute approximate surface area is 143 Å². The molecular formula is C14H8ClN3O7. The van der Waals surface area contributed by atoms with Crippen LogP contribution in [0.15, 0.2) is 36.4 Å². The van der Waals surface area contributed by atoms with E-state index in [2.05, 4.69) is 5.32 Å². The molecule has 128 valence electrons. The highest BCUT2D eigenvalue weighted by Crippen LogP contribution is 2.36. The van der Waals surface area contributed by atoms with Crippen molar-refractivity contribution in [3.05, 3.63) is 72.8 Å². The fourth-order valence-electron chi connectivity index (χ4n) is 2.00. The van der Waals surface area contributed by atoms with E-state index in [0.717, 1.165) is 6.07 Å². The van der Waals surface area contributed by atoms with Gasteiger partial charge in [0, 0.05) is 6.07 Å². The minimum absolute atomic E-state index is 0.251. The van der Waals surface area contributed by atoms with Gasteiger partial charge in [-0.2, -0.15) is 0 Å². The fourth-order valence-corrected chi connectivity index (χ4v) is 2.26. The summed E-state index contributed by atoms with van der Waals surface area (Å²) in [4.78, 5) is 43.5. The first-order chi connectivity index (χ1) is 11.7. The number of hydrogen-bond donors (Lipinski definition) is 2. The van der Waals surface area contributed by atoms with Crippen LogP contribution in [0.2, 0.25) is 5.02 Å². The summed E-state index contributed by atoms with van der Waals surface area (Å²) in [5.74, 6) is -2.33. The van der Waals surface area contributed by atoms with Gasteiger partial charge in [0.1, 0.15) is 5.69 Å². The minimum atomic E-state index is -1.37. The maximum absolute atomic E-state index is 12.3. The summed E-state index contributed by atoms with van der Waals surface area (Å²) < 4.78 is 0. The molecule has 0 atom stereocenters. The third-order valence-electron chi connectivity index (χ3n) is 3.10. The lowest BCUT2D eigenvalue weighted by molar-refractivity contribution is -0.393. The first-order valence-corrected chi connectivity index (χ1v) is 6.86. The number of aromatic carboxylic acids is 1. The number of carboxylic acids is 1. The Bertz CT molecular complexity index is 913. The SMILES string of the molecule is O=C(O)c1ccccc1C(=O)Nc1c(Cl)cc([N+](=O)[O-])cc1[N+](=O)[O-]. The summed E-state index contributed by atoms with van der Waals surface area (Å²) in [5, 5.41) is 32.7. The molecule has 11 heteroatoms. The summed E-state index contributed by atoms with van der Waals surface area (Å²) >= 11 is 5.82. The van der Waals surface area contributed by atoms with Crippen molar-refractivity contribution < 1.29 is 24.5 Å². The molecule has 2 rings (SSSR count). The van der Waals surface area contributed by atoms with Crippen molar-refractivity contribution >= 4 is 40.5 Å². The number of non-ortho nitro benzene ring substituents is 1. The third kappa shape index (κ3) is 3.70. The molecule has 0 aliphatic carbocycles. The van der Waals surface area contributed by atoms with Crippen molar-refractivity contribution in [2.45, 2.75) is 0 Å². The summed E-state index contributed by atoms with van der Waals surface area (Å²) in [6.07, 6.45) is 0. The van der Waals surface area contributed by atoms with Crippen LogP contribution in [0.4, 0.5) is 17.1 Å². The number of nitro groups is 2. The molecule has 0 fully saturated rings. The molecule has 0 saturated heterocycles. The highest BCUT2D eigenvalue weighted by Gasteiger charge is 2.26. The summed E-state index contributed by atoms with van der Waals surface area (Å²) in [6, 6.07) is 6.69. The molecular weight excluding hydrogens is 358 g/mol. The van der Waals surface area contributed by atoms with Gasteiger partial charge >= 0.3 is 11.7 Å². The molecule has 2 aromatic rings. The zero-order chi connectivity index (χ0) is 18.7. The van der Waals surface area contributed by atoms with E-state index in [-0.39, 0.29) is 11.1 Å². The lowest BCUT2D eigenvalue weighted by Crippen LogP contribution is -2.17. The highest BCUT2D eigenvalue weighted by atomic mass is 35.5. The molecule has 1 amide bonds. The van der Waals surface area contributed by atoms with Crippen molar-refractivity contribution in [2.24, 2.45) is 0 Å². The smallest absolute Gasteiger partial charge is 0.336 e. The van der Waals surface area contributed by atoms with E-state index in [0.29, 0.717) is 6.07 Å². The quantitative estimate of drug-likeness (QED) is 0.609. The molecule has 0 spiro atoms. The maximum atomic E-state index is 12.3. The van der Waals surface area contributed by atoms with E-state index in [1.54, 1.807) is 0 Å². The average Bonchev–Trinajstić information content (AvgIpc) is 2.55. The zero-order valence-electron chi connectivity index (χ0n) is 12.1. The van der Waals surface area contributed by atoms with Gasteiger partial charge in [0.25, 0.3) is 11.6 Å². The van der Waals surface area contributed by atoms with Gasteiger partial charge in [0.2, 0.25) is 0 Å². The van der Waals surface area contributed by atoms with Gasteiger partial charge in [-0.25, -0.2) is 4.79 Å². The average molecular weight is 366 g/mol. The molecule has 2 N–H and O–H groups in total. The number of amides is 1. The highest BCUT2D eigenvalue weighted by molar-refractivity contribution is 6.35. The standard InChI is InChI=1S/C14H8ClN3O7/c15-10-5-7(17(22)23)6-11(18(24)25)12(10)16-13(19)8-3-1-2-4-9(8)14(20)21/h1-6H,(H,16,19)(H,20,21). The Morgan fingerprint density at radius 1 is 1.04 bits per heavy atom. The zero-order valence-corrected chi connectivity index (χ0v) is 12.9. The molecule has 0 heterocycles. The largest absolute Gasteiger partial charge is 0.478 e. The number of hydrogen-bond acceptors (Lipinski definition) is 6. The van der Waals surface area contributed by atoms with Crippen LogP contribution >= 0.6 is 11.6 Å². The van der Waals surface area contributed by atoms with E-state index < -0.39 is 43.8 Å². The second kappa shape index (κ2) is 6.93. The van der Waals surface area contributed by atoms with Crippen molar-refractivity contribution in [2.75, 3.05) is 5.32 Å². The second-order valence-electron chi connectivity index (χ2n) is 4.64. The van der Waals surface area contributed by atoms with Gasteiger partial charge in [-0.1, -0.05) is 23.7 Å². The van der Waals surface area contributed by atoms with E-state index >= 15 is 0 Å². The Morgan fingerprint density at radius 3 is 2.16 bits per heavy atom. The maximum Gasteiger partial charge on any atom is 0.336 e. The molecule has 0 aliphatic rings. The summed E-state index contributed by atoms with van der Waals surface area (Å²) in [7, 11) is 0. The first-order valence-electron chi connectivity index (χ1n) is 6.48. The molecule has 0 aliphatic heterocycles. The molecule has 2 aromatic carbocycles. The molecule has 0 aromatic heterocycles. The van der Waals surface area contributed by atoms with Crippen LogP contribution in [0.3, 0.4) is 0 Å². The third-order valence-corrected chi connectivity index (χ3v) is 3.40. The number of halogens is 1. The topological polar surface area (TPSA) is 153 Å². The molecule has 0 radical (unpaired) electrons. The van der Waals surface area contributed by atoms with E-state index in [1.165, 1.54) is 24.3 Å².